The van der Waals surface area contributed by atoms with Crippen molar-refractivity contribution in [2.75, 3.05) is 11.5 Å². The minimum absolute atomic E-state index is 0.203. The van der Waals surface area contributed by atoms with Crippen LogP contribution in [0.5, 0.6) is 0 Å². The van der Waals surface area contributed by atoms with Gasteiger partial charge in [-0.05, 0) is 37.5 Å². The second kappa shape index (κ2) is 8.30. The first-order chi connectivity index (χ1) is 11.6. The SMILES string of the molecule is CC(OC(=O)c1ccc(C2SCCS2)cc1)C(=O)NC1CCCC1. The van der Waals surface area contributed by atoms with Crippen molar-refractivity contribution in [2.45, 2.75) is 49.3 Å². The van der Waals surface area contributed by atoms with Crippen LogP contribution in [-0.4, -0.2) is 35.5 Å². The van der Waals surface area contributed by atoms with Crippen LogP contribution in [0.1, 0.15) is 53.1 Å². The van der Waals surface area contributed by atoms with Crippen molar-refractivity contribution in [3.8, 4) is 0 Å². The number of benzene rings is 1. The molecule has 0 bridgehead atoms. The van der Waals surface area contributed by atoms with Crippen molar-refractivity contribution in [2.24, 2.45) is 0 Å². The van der Waals surface area contributed by atoms with Gasteiger partial charge in [0.25, 0.3) is 5.91 Å². The van der Waals surface area contributed by atoms with Crippen LogP contribution in [0.25, 0.3) is 0 Å². The summed E-state index contributed by atoms with van der Waals surface area (Å²) < 4.78 is 5.78. The van der Waals surface area contributed by atoms with Gasteiger partial charge in [0.15, 0.2) is 6.10 Å². The summed E-state index contributed by atoms with van der Waals surface area (Å²) in [6.07, 6.45) is 3.58. The second-order valence-corrected chi connectivity index (χ2v) is 8.96. The zero-order valence-electron chi connectivity index (χ0n) is 13.8. The third-order valence-corrected chi connectivity index (χ3v) is 7.50. The molecular formula is C18H23NO3S2. The molecule has 130 valence electrons. The van der Waals surface area contributed by atoms with Gasteiger partial charge in [-0.15, -0.1) is 23.5 Å². The summed E-state index contributed by atoms with van der Waals surface area (Å²) in [6, 6.07) is 7.78. The summed E-state index contributed by atoms with van der Waals surface area (Å²) in [6.45, 7) is 1.63. The van der Waals surface area contributed by atoms with Crippen LogP contribution in [0.4, 0.5) is 0 Å². The molecule has 0 spiro atoms. The Balaban J connectivity index is 1.52. The highest BCUT2D eigenvalue weighted by Crippen LogP contribution is 2.45. The van der Waals surface area contributed by atoms with Crippen LogP contribution in [-0.2, 0) is 9.53 Å². The van der Waals surface area contributed by atoms with Crippen molar-refractivity contribution in [1.82, 2.24) is 5.32 Å². The molecule has 1 aliphatic heterocycles. The molecule has 1 heterocycles. The summed E-state index contributed by atoms with van der Waals surface area (Å²) in [5.74, 6) is 1.70. The molecule has 3 rings (SSSR count). The van der Waals surface area contributed by atoms with Crippen molar-refractivity contribution < 1.29 is 14.3 Å². The van der Waals surface area contributed by atoms with E-state index >= 15 is 0 Å². The van der Waals surface area contributed by atoms with Crippen molar-refractivity contribution in [3.63, 3.8) is 0 Å². The predicted octanol–water partition coefficient (Wildman–Crippen LogP) is 3.77. The van der Waals surface area contributed by atoms with E-state index in [0.29, 0.717) is 10.1 Å². The zero-order valence-corrected chi connectivity index (χ0v) is 15.5. The number of amides is 1. The number of ether oxygens (including phenoxy) is 1. The summed E-state index contributed by atoms with van der Waals surface area (Å²) in [5.41, 5.74) is 1.72. The lowest BCUT2D eigenvalue weighted by Gasteiger charge is -2.17. The van der Waals surface area contributed by atoms with Crippen LogP contribution in [0.3, 0.4) is 0 Å². The first kappa shape index (κ1) is 17.7. The molecular weight excluding hydrogens is 342 g/mol. The van der Waals surface area contributed by atoms with E-state index in [9.17, 15) is 9.59 Å². The standard InChI is InChI=1S/C18H23NO3S2/c1-12(16(20)19-15-4-2-3-5-15)22-17(21)13-6-8-14(9-7-13)18-23-10-11-24-18/h6-9,12,15,18H,2-5,10-11H2,1H3,(H,19,20). The lowest BCUT2D eigenvalue weighted by atomic mass is 10.1. The molecule has 4 nitrogen and oxygen atoms in total. The van der Waals surface area contributed by atoms with Crippen LogP contribution in [0.2, 0.25) is 0 Å². The minimum atomic E-state index is -0.765. The van der Waals surface area contributed by atoms with Crippen molar-refractivity contribution in [1.29, 1.82) is 0 Å². The summed E-state index contributed by atoms with van der Waals surface area (Å²) in [7, 11) is 0. The molecule has 1 amide bonds. The second-order valence-electron chi connectivity index (χ2n) is 6.23. The van der Waals surface area contributed by atoms with Gasteiger partial charge in [-0.3, -0.25) is 4.79 Å². The Hall–Kier alpha value is -1.14. The quantitative estimate of drug-likeness (QED) is 0.805. The van der Waals surface area contributed by atoms with Gasteiger partial charge in [0.2, 0.25) is 0 Å². The van der Waals surface area contributed by atoms with E-state index in [2.05, 4.69) is 5.32 Å². The average Bonchev–Trinajstić information content (AvgIpc) is 3.28. The highest BCUT2D eigenvalue weighted by molar-refractivity contribution is 8.19. The number of esters is 1. The van der Waals surface area contributed by atoms with Crippen molar-refractivity contribution in [3.05, 3.63) is 35.4 Å². The van der Waals surface area contributed by atoms with Gasteiger partial charge in [0, 0.05) is 17.5 Å². The number of carbonyl (C=O) groups is 2. The Morgan fingerprint density at radius 3 is 2.38 bits per heavy atom. The topological polar surface area (TPSA) is 55.4 Å². The first-order valence-electron chi connectivity index (χ1n) is 8.48. The maximum atomic E-state index is 12.2. The number of rotatable bonds is 5. The molecule has 1 aliphatic carbocycles. The zero-order chi connectivity index (χ0) is 16.9. The van der Waals surface area contributed by atoms with Gasteiger partial charge in [-0.25, -0.2) is 4.79 Å². The Bertz CT molecular complexity index is 578. The van der Waals surface area contributed by atoms with E-state index in [1.54, 1.807) is 19.1 Å². The molecule has 1 N–H and O–H groups in total. The molecule has 24 heavy (non-hydrogen) atoms. The fourth-order valence-electron chi connectivity index (χ4n) is 3.00. The van der Waals surface area contributed by atoms with Crippen LogP contribution >= 0.6 is 23.5 Å². The van der Waals surface area contributed by atoms with Gasteiger partial charge >= 0.3 is 5.97 Å². The van der Waals surface area contributed by atoms with Gasteiger partial charge < -0.3 is 10.1 Å². The molecule has 0 aromatic heterocycles. The average molecular weight is 366 g/mol. The van der Waals surface area contributed by atoms with E-state index in [4.69, 9.17) is 4.74 Å². The molecule has 0 radical (unpaired) electrons. The number of hydrogen-bond acceptors (Lipinski definition) is 5. The fourth-order valence-corrected chi connectivity index (χ4v) is 5.86. The molecule has 1 saturated heterocycles. The third-order valence-electron chi connectivity index (χ3n) is 4.39. The summed E-state index contributed by atoms with van der Waals surface area (Å²) >= 11 is 3.87. The number of hydrogen-bond donors (Lipinski definition) is 1. The van der Waals surface area contributed by atoms with Gasteiger partial charge in [0.05, 0.1) is 10.1 Å². The lowest BCUT2D eigenvalue weighted by molar-refractivity contribution is -0.129. The summed E-state index contributed by atoms with van der Waals surface area (Å²) in [4.78, 5) is 24.3. The Kier molecular flexibility index (Phi) is 6.11. The van der Waals surface area contributed by atoms with Crippen LogP contribution in [0, 0.1) is 0 Å². The Morgan fingerprint density at radius 1 is 1.12 bits per heavy atom. The van der Waals surface area contributed by atoms with Gasteiger partial charge in [-0.2, -0.15) is 0 Å². The summed E-state index contributed by atoms with van der Waals surface area (Å²) in [5, 5.41) is 2.96. The van der Waals surface area contributed by atoms with E-state index < -0.39 is 12.1 Å². The monoisotopic (exact) mass is 365 g/mol. The molecule has 1 saturated carbocycles. The minimum Gasteiger partial charge on any atom is -0.449 e. The Labute approximate surface area is 151 Å². The Morgan fingerprint density at radius 2 is 1.75 bits per heavy atom. The largest absolute Gasteiger partial charge is 0.449 e. The highest BCUT2D eigenvalue weighted by Gasteiger charge is 2.24. The molecule has 1 aromatic carbocycles. The van der Waals surface area contributed by atoms with Crippen molar-refractivity contribution >= 4 is 35.4 Å². The van der Waals surface area contributed by atoms with Gasteiger partial charge in [-0.1, -0.05) is 25.0 Å². The first-order valence-corrected chi connectivity index (χ1v) is 10.6. The van der Waals surface area contributed by atoms with E-state index in [1.807, 2.05) is 35.7 Å². The number of carbonyl (C=O) groups excluding carboxylic acids is 2. The number of nitrogens with one attached hydrogen (secondary N) is 1. The molecule has 2 fully saturated rings. The normalized spacial score (nSPS) is 20.0. The van der Waals surface area contributed by atoms with E-state index in [-0.39, 0.29) is 11.9 Å². The number of thioether (sulfide) groups is 2. The van der Waals surface area contributed by atoms with Crippen LogP contribution in [0.15, 0.2) is 24.3 Å². The maximum Gasteiger partial charge on any atom is 0.338 e. The molecule has 2 aliphatic rings. The third kappa shape index (κ3) is 4.48. The lowest BCUT2D eigenvalue weighted by Crippen LogP contribution is -2.40. The highest BCUT2D eigenvalue weighted by atomic mass is 32.2. The molecule has 6 heteroatoms. The smallest absolute Gasteiger partial charge is 0.338 e. The molecule has 1 aromatic rings. The van der Waals surface area contributed by atoms with Gasteiger partial charge in [0.1, 0.15) is 0 Å². The van der Waals surface area contributed by atoms with E-state index in [1.165, 1.54) is 17.1 Å². The predicted molar refractivity (Wildman–Crippen MR) is 99.4 cm³/mol. The fraction of sp³-hybridized carbons (Fsp3) is 0.556. The molecule has 1 unspecified atom stereocenters. The maximum absolute atomic E-state index is 12.2. The molecule has 1 atom stereocenters. The van der Waals surface area contributed by atoms with E-state index in [0.717, 1.165) is 25.7 Å². The van der Waals surface area contributed by atoms with Crippen LogP contribution < -0.4 is 5.32 Å².